The van der Waals surface area contributed by atoms with E-state index in [1.165, 1.54) is 0 Å². The maximum absolute atomic E-state index is 13.8. The van der Waals surface area contributed by atoms with Crippen LogP contribution in [0.4, 0.5) is 4.79 Å². The molecule has 206 valence electrons. The molecule has 36 heavy (non-hydrogen) atoms. The number of amides is 3. The van der Waals surface area contributed by atoms with Gasteiger partial charge in [0.05, 0.1) is 12.4 Å². The smallest absolute Gasteiger partial charge is 0.407 e. The Labute approximate surface area is 220 Å². The Hall–Kier alpha value is -1.97. The van der Waals surface area contributed by atoms with E-state index in [9.17, 15) is 14.4 Å². The van der Waals surface area contributed by atoms with Gasteiger partial charge in [0, 0.05) is 23.8 Å². The van der Waals surface area contributed by atoms with Crippen LogP contribution in [0.3, 0.4) is 0 Å². The van der Waals surface area contributed by atoms with Gasteiger partial charge in [0.25, 0.3) is 0 Å². The number of carbonyl (C=O) groups is 3. The van der Waals surface area contributed by atoms with Gasteiger partial charge in [-0.2, -0.15) is 11.8 Å². The molecule has 2 rings (SSSR count). The van der Waals surface area contributed by atoms with E-state index in [4.69, 9.17) is 15.9 Å². The second-order valence-corrected chi connectivity index (χ2v) is 12.8. The first kappa shape index (κ1) is 30.3. The first-order chi connectivity index (χ1) is 17.0. The molecule has 2 aliphatic rings. The molecule has 9 nitrogen and oxygen atoms in total. The third-order valence-electron chi connectivity index (χ3n) is 7.12. The van der Waals surface area contributed by atoms with Crippen molar-refractivity contribution in [2.45, 2.75) is 96.4 Å². The molecule has 3 amide bonds. The first-order valence-electron chi connectivity index (χ1n) is 13.5. The van der Waals surface area contributed by atoms with Crippen molar-refractivity contribution in [1.29, 1.82) is 5.41 Å². The quantitative estimate of drug-likeness (QED) is 0.227. The Balaban J connectivity index is 2.05. The zero-order valence-electron chi connectivity index (χ0n) is 22.7. The number of amidine groups is 1. The van der Waals surface area contributed by atoms with E-state index in [1.807, 2.05) is 20.8 Å². The summed E-state index contributed by atoms with van der Waals surface area (Å²) in [6.45, 7) is 11.4. The van der Waals surface area contributed by atoms with E-state index in [2.05, 4.69) is 24.5 Å². The molecule has 2 atom stereocenters. The number of likely N-dealkylation sites (tertiary alicyclic amines) is 1. The number of alkyl carbamates (subject to hydrolysis) is 1. The van der Waals surface area contributed by atoms with Crippen LogP contribution in [-0.4, -0.2) is 70.9 Å². The Morgan fingerprint density at radius 1 is 1.17 bits per heavy atom. The lowest BCUT2D eigenvalue weighted by Gasteiger charge is -2.37. The molecular formula is C26H47N5O4S. The van der Waals surface area contributed by atoms with E-state index in [1.54, 1.807) is 16.7 Å². The zero-order valence-corrected chi connectivity index (χ0v) is 23.5. The number of rotatable bonds is 12. The molecule has 1 heterocycles. The van der Waals surface area contributed by atoms with E-state index in [-0.39, 0.29) is 30.2 Å². The van der Waals surface area contributed by atoms with Gasteiger partial charge in [0.2, 0.25) is 11.8 Å². The van der Waals surface area contributed by atoms with Gasteiger partial charge in [-0.15, -0.1) is 0 Å². The van der Waals surface area contributed by atoms with E-state index < -0.39 is 22.9 Å². The highest BCUT2D eigenvalue weighted by molar-refractivity contribution is 8.00. The summed E-state index contributed by atoms with van der Waals surface area (Å²) in [6.07, 6.45) is 5.09. The van der Waals surface area contributed by atoms with Gasteiger partial charge in [-0.3, -0.25) is 15.0 Å². The van der Waals surface area contributed by atoms with Gasteiger partial charge >= 0.3 is 6.09 Å². The number of hydrogen-bond donors (Lipinski definition) is 4. The fraction of sp³-hybridized carbons (Fsp3) is 0.846. The Morgan fingerprint density at radius 2 is 1.83 bits per heavy atom. The van der Waals surface area contributed by atoms with Crippen LogP contribution >= 0.6 is 11.8 Å². The van der Waals surface area contributed by atoms with Gasteiger partial charge in [0.1, 0.15) is 12.1 Å². The summed E-state index contributed by atoms with van der Waals surface area (Å²) in [5.41, 5.74) is 5.64. The molecule has 1 aliphatic carbocycles. The summed E-state index contributed by atoms with van der Waals surface area (Å²) in [7, 11) is 0. The van der Waals surface area contributed by atoms with Gasteiger partial charge in [-0.1, -0.05) is 20.8 Å². The molecule has 0 aromatic rings. The van der Waals surface area contributed by atoms with Gasteiger partial charge in [-0.25, -0.2) is 4.79 Å². The molecule has 1 saturated heterocycles. The molecule has 0 aromatic carbocycles. The summed E-state index contributed by atoms with van der Waals surface area (Å²) in [6, 6.07) is -1.34. The molecule has 0 aromatic heterocycles. The highest BCUT2D eigenvalue weighted by Gasteiger charge is 2.44. The fourth-order valence-corrected chi connectivity index (χ4v) is 5.95. The molecule has 1 saturated carbocycles. The van der Waals surface area contributed by atoms with Crippen LogP contribution in [0.2, 0.25) is 0 Å². The van der Waals surface area contributed by atoms with Crippen LogP contribution in [0.1, 0.15) is 79.6 Å². The molecule has 0 spiro atoms. The molecule has 10 heteroatoms. The number of nitrogens with zero attached hydrogens (tertiary/aromatic N) is 1. The summed E-state index contributed by atoms with van der Waals surface area (Å²) < 4.78 is 4.65. The van der Waals surface area contributed by atoms with Crippen molar-refractivity contribution in [3.05, 3.63) is 0 Å². The van der Waals surface area contributed by atoms with E-state index >= 15 is 0 Å². The van der Waals surface area contributed by atoms with E-state index in [0.717, 1.165) is 37.9 Å². The summed E-state index contributed by atoms with van der Waals surface area (Å²) >= 11 is 1.65. The Morgan fingerprint density at radius 3 is 2.42 bits per heavy atom. The van der Waals surface area contributed by atoms with Crippen LogP contribution in [-0.2, 0) is 14.3 Å². The summed E-state index contributed by atoms with van der Waals surface area (Å²) in [4.78, 5) is 41.1. The van der Waals surface area contributed by atoms with Crippen molar-refractivity contribution in [1.82, 2.24) is 15.5 Å². The average Bonchev–Trinajstić information content (AvgIpc) is 3.33. The SMILES string of the molecule is CCCOC(=O)N[C@@H](C(=O)N1CCC[C@H]1C(=O)NC[C@H]1CC[C@H](C(=N)N)CC1)C(C)(C)SCC(C)C. The first-order valence-corrected chi connectivity index (χ1v) is 14.4. The minimum atomic E-state index is -0.805. The van der Waals surface area contributed by atoms with Gasteiger partial charge in [-0.05, 0) is 76.4 Å². The Kier molecular flexibility index (Phi) is 11.8. The summed E-state index contributed by atoms with van der Waals surface area (Å²) in [5, 5.41) is 13.5. The highest BCUT2D eigenvalue weighted by Crippen LogP contribution is 2.33. The lowest BCUT2D eigenvalue weighted by Crippen LogP contribution is -2.60. The number of thioether (sulfide) groups is 1. The normalized spacial score (nSPS) is 23.3. The standard InChI is InChI=1S/C26H47N5O4S/c1-6-14-35-25(34)30-21(26(4,5)36-16-17(2)3)24(33)31-13-7-8-20(31)23(32)29-15-18-9-11-19(12-10-18)22(27)28/h17-21H,6-16H2,1-5H3,(H3,27,28)(H,29,32)(H,30,34)/t18-,19-,20-,21-/m0/s1. The van der Waals surface area contributed by atoms with Crippen molar-refractivity contribution in [2.24, 2.45) is 23.5 Å². The van der Waals surface area contributed by atoms with Crippen molar-refractivity contribution in [3.63, 3.8) is 0 Å². The van der Waals surface area contributed by atoms with Crippen LogP contribution < -0.4 is 16.4 Å². The molecule has 0 unspecified atom stereocenters. The molecule has 1 aliphatic heterocycles. The predicted molar refractivity (Wildman–Crippen MR) is 145 cm³/mol. The second kappa shape index (κ2) is 14.1. The van der Waals surface area contributed by atoms with Crippen LogP contribution in [0.15, 0.2) is 0 Å². The minimum absolute atomic E-state index is 0.130. The van der Waals surface area contributed by atoms with Crippen molar-refractivity contribution < 1.29 is 19.1 Å². The van der Waals surface area contributed by atoms with Gasteiger partial charge < -0.3 is 26.0 Å². The molecule has 2 fully saturated rings. The highest BCUT2D eigenvalue weighted by atomic mass is 32.2. The van der Waals surface area contributed by atoms with Crippen LogP contribution in [0.25, 0.3) is 0 Å². The van der Waals surface area contributed by atoms with Crippen LogP contribution in [0, 0.1) is 23.2 Å². The average molecular weight is 526 g/mol. The molecule has 0 bridgehead atoms. The van der Waals surface area contributed by atoms with Crippen molar-refractivity contribution in [2.75, 3.05) is 25.4 Å². The molecule has 5 N–H and O–H groups in total. The minimum Gasteiger partial charge on any atom is -0.450 e. The number of ether oxygens (including phenoxy) is 1. The number of carbonyl (C=O) groups excluding carboxylic acids is 3. The number of hydrogen-bond acceptors (Lipinski definition) is 6. The topological polar surface area (TPSA) is 138 Å². The maximum Gasteiger partial charge on any atom is 0.407 e. The Bertz CT molecular complexity index is 767. The summed E-state index contributed by atoms with van der Waals surface area (Å²) in [5.74, 6) is 1.70. The maximum atomic E-state index is 13.8. The van der Waals surface area contributed by atoms with Crippen LogP contribution in [0.5, 0.6) is 0 Å². The number of nitrogens with one attached hydrogen (secondary N) is 3. The zero-order chi connectivity index (χ0) is 26.9. The molecule has 0 radical (unpaired) electrons. The van der Waals surface area contributed by atoms with E-state index in [0.29, 0.717) is 37.8 Å². The lowest BCUT2D eigenvalue weighted by molar-refractivity contribution is -0.140. The number of nitrogens with two attached hydrogens (primary N) is 1. The van der Waals surface area contributed by atoms with Gasteiger partial charge in [0.15, 0.2) is 0 Å². The van der Waals surface area contributed by atoms with Crippen molar-refractivity contribution >= 4 is 35.5 Å². The third kappa shape index (κ3) is 8.85. The lowest BCUT2D eigenvalue weighted by atomic mass is 9.81. The fourth-order valence-electron chi connectivity index (χ4n) is 4.86. The predicted octanol–water partition coefficient (Wildman–Crippen LogP) is 3.51. The monoisotopic (exact) mass is 525 g/mol. The van der Waals surface area contributed by atoms with Crippen molar-refractivity contribution in [3.8, 4) is 0 Å². The third-order valence-corrected chi connectivity index (χ3v) is 8.93. The molecular weight excluding hydrogens is 478 g/mol. The largest absolute Gasteiger partial charge is 0.450 e. The second-order valence-electron chi connectivity index (χ2n) is 11.1.